The molecule has 2 saturated heterocycles. The van der Waals surface area contributed by atoms with Gasteiger partial charge in [0.15, 0.2) is 0 Å². The third-order valence-electron chi connectivity index (χ3n) is 6.84. The van der Waals surface area contributed by atoms with Crippen molar-refractivity contribution in [1.29, 1.82) is 0 Å². The fourth-order valence-electron chi connectivity index (χ4n) is 4.80. The van der Waals surface area contributed by atoms with Crippen LogP contribution < -0.4 is 10.6 Å². The summed E-state index contributed by atoms with van der Waals surface area (Å²) in [4.78, 5) is 38.1. The summed E-state index contributed by atoms with van der Waals surface area (Å²) >= 11 is 12.1. The van der Waals surface area contributed by atoms with Crippen LogP contribution in [0.3, 0.4) is 0 Å². The van der Waals surface area contributed by atoms with Gasteiger partial charge in [0.05, 0.1) is 16.0 Å². The lowest BCUT2D eigenvalue weighted by Crippen LogP contribution is -2.46. The molecule has 0 aliphatic carbocycles. The van der Waals surface area contributed by atoms with Crippen LogP contribution in [0, 0.1) is 12.8 Å². The van der Waals surface area contributed by atoms with Crippen LogP contribution in [0.1, 0.15) is 40.9 Å². The monoisotopic (exact) mass is 504 g/mol. The predicted molar refractivity (Wildman–Crippen MR) is 133 cm³/mol. The largest absolute Gasteiger partial charge is 0.366 e. The van der Waals surface area contributed by atoms with Crippen LogP contribution >= 0.6 is 23.2 Å². The van der Waals surface area contributed by atoms with Gasteiger partial charge in [-0.1, -0.05) is 29.3 Å². The number of aromatic nitrogens is 2. The summed E-state index contributed by atoms with van der Waals surface area (Å²) in [6, 6.07) is 5.87. The molecule has 2 amide bonds. The van der Waals surface area contributed by atoms with E-state index >= 15 is 0 Å². The number of anilines is 1. The van der Waals surface area contributed by atoms with Crippen LogP contribution in [0.5, 0.6) is 0 Å². The van der Waals surface area contributed by atoms with Gasteiger partial charge in [-0.25, -0.2) is 9.97 Å². The number of carbonyl (C=O) groups excluding carboxylic acids is 2. The Morgan fingerprint density at radius 3 is 2.56 bits per heavy atom. The molecule has 1 aromatic heterocycles. The lowest BCUT2D eigenvalue weighted by molar-refractivity contribution is -0.124. The molecule has 34 heavy (non-hydrogen) atoms. The summed E-state index contributed by atoms with van der Waals surface area (Å²) < 4.78 is 0. The number of hydrogen-bond acceptors (Lipinski definition) is 6. The molecule has 0 radical (unpaired) electrons. The Morgan fingerprint density at radius 1 is 1.09 bits per heavy atom. The quantitative estimate of drug-likeness (QED) is 0.626. The van der Waals surface area contributed by atoms with Crippen LogP contribution in [-0.4, -0.2) is 70.9 Å². The zero-order valence-electron chi connectivity index (χ0n) is 19.5. The first-order valence-electron chi connectivity index (χ1n) is 11.6. The molecule has 182 valence electrons. The predicted octanol–water partition coefficient (Wildman–Crippen LogP) is 3.38. The van der Waals surface area contributed by atoms with Crippen molar-refractivity contribution in [3.8, 4) is 0 Å². The van der Waals surface area contributed by atoms with E-state index in [4.69, 9.17) is 23.2 Å². The number of amides is 2. The Labute approximate surface area is 210 Å². The fourth-order valence-corrected chi connectivity index (χ4v) is 5.12. The summed E-state index contributed by atoms with van der Waals surface area (Å²) in [5, 5.41) is 7.04. The number of halogens is 2. The Kier molecular flexibility index (Phi) is 7.91. The minimum absolute atomic E-state index is 0.0689. The minimum atomic E-state index is -0.0689. The van der Waals surface area contributed by atoms with Gasteiger partial charge >= 0.3 is 0 Å². The van der Waals surface area contributed by atoms with E-state index in [1.165, 1.54) is 6.33 Å². The van der Waals surface area contributed by atoms with Crippen molar-refractivity contribution >= 4 is 40.8 Å². The highest BCUT2D eigenvalue weighted by Crippen LogP contribution is 2.26. The minimum Gasteiger partial charge on any atom is -0.366 e. The molecule has 1 aromatic carbocycles. The van der Waals surface area contributed by atoms with Crippen molar-refractivity contribution in [3.63, 3.8) is 0 Å². The molecule has 0 unspecified atom stereocenters. The van der Waals surface area contributed by atoms with E-state index in [0.717, 1.165) is 43.5 Å². The first-order chi connectivity index (χ1) is 16.4. The maximum atomic E-state index is 13.2. The Hall–Kier alpha value is -2.42. The number of nitrogens with zero attached hydrogens (tertiary/aromatic N) is 4. The van der Waals surface area contributed by atoms with E-state index < -0.39 is 0 Å². The molecule has 3 heterocycles. The maximum absolute atomic E-state index is 13.2. The first kappa shape index (κ1) is 24.7. The second-order valence-corrected chi connectivity index (χ2v) is 9.73. The van der Waals surface area contributed by atoms with E-state index in [9.17, 15) is 9.59 Å². The van der Waals surface area contributed by atoms with Gasteiger partial charge in [-0.3, -0.25) is 14.5 Å². The highest BCUT2D eigenvalue weighted by molar-refractivity contribution is 6.42. The molecule has 2 aliphatic heterocycles. The van der Waals surface area contributed by atoms with Gasteiger partial charge in [-0.2, -0.15) is 0 Å². The molecule has 8 nitrogen and oxygen atoms in total. The standard InChI is InChI=1S/C24H30Cl2N6O2/c1-15-21(29-14-30-22(15)28-12-16-3-4-19(25)20(26)11-16)24(34)31-9-6-18(7-10-31)32-8-5-17(13-32)23(33)27-2/h3-4,11,14,17-18H,5-10,12-13H2,1-2H3,(H,27,33)(H,28,29,30)/t17-/m1/s1. The van der Waals surface area contributed by atoms with Crippen LogP contribution in [0.25, 0.3) is 0 Å². The zero-order valence-corrected chi connectivity index (χ0v) is 21.0. The van der Waals surface area contributed by atoms with Crippen LogP contribution in [0.15, 0.2) is 24.5 Å². The van der Waals surface area contributed by atoms with E-state index in [2.05, 4.69) is 25.5 Å². The SMILES string of the molecule is CNC(=O)[C@@H]1CCN(C2CCN(C(=O)c3ncnc(NCc4ccc(Cl)c(Cl)c4)c3C)CC2)C1. The van der Waals surface area contributed by atoms with Gasteiger partial charge in [0.1, 0.15) is 17.8 Å². The molecular weight excluding hydrogens is 475 g/mol. The Morgan fingerprint density at radius 2 is 1.85 bits per heavy atom. The van der Waals surface area contributed by atoms with Crippen LogP contribution in [-0.2, 0) is 11.3 Å². The molecule has 1 atom stereocenters. The zero-order chi connectivity index (χ0) is 24.2. The number of benzene rings is 1. The molecule has 4 rings (SSSR count). The van der Waals surface area contributed by atoms with E-state index in [1.807, 2.05) is 17.9 Å². The molecule has 0 spiro atoms. The van der Waals surface area contributed by atoms with Crippen molar-refractivity contribution < 1.29 is 9.59 Å². The summed E-state index contributed by atoms with van der Waals surface area (Å²) in [5.41, 5.74) is 2.11. The van der Waals surface area contributed by atoms with Gasteiger partial charge in [-0.05, 0) is 50.4 Å². The number of hydrogen-bond donors (Lipinski definition) is 2. The highest BCUT2D eigenvalue weighted by atomic mass is 35.5. The lowest BCUT2D eigenvalue weighted by atomic mass is 10.0. The summed E-state index contributed by atoms with van der Waals surface area (Å²) in [7, 11) is 1.69. The third-order valence-corrected chi connectivity index (χ3v) is 7.57. The van der Waals surface area contributed by atoms with E-state index in [1.54, 1.807) is 19.2 Å². The average molecular weight is 505 g/mol. The number of carbonyl (C=O) groups is 2. The number of piperidine rings is 1. The molecule has 0 bridgehead atoms. The fraction of sp³-hybridized carbons (Fsp3) is 0.500. The van der Waals surface area contributed by atoms with Gasteiger partial charge < -0.3 is 15.5 Å². The summed E-state index contributed by atoms with van der Waals surface area (Å²) in [6.45, 7) is 5.47. The highest BCUT2D eigenvalue weighted by Gasteiger charge is 2.34. The Balaban J connectivity index is 1.34. The molecule has 0 saturated carbocycles. The molecule has 2 aliphatic rings. The molecular formula is C24H30Cl2N6O2. The Bertz CT molecular complexity index is 1060. The van der Waals surface area contributed by atoms with Crippen LogP contribution in [0.2, 0.25) is 10.0 Å². The van der Waals surface area contributed by atoms with Gasteiger partial charge in [0.2, 0.25) is 5.91 Å². The number of likely N-dealkylation sites (tertiary alicyclic amines) is 2. The van der Waals surface area contributed by atoms with Crippen molar-refractivity contribution in [3.05, 3.63) is 51.4 Å². The second kappa shape index (κ2) is 10.9. The smallest absolute Gasteiger partial charge is 0.272 e. The van der Waals surface area contributed by atoms with Crippen molar-refractivity contribution in [2.75, 3.05) is 38.5 Å². The second-order valence-electron chi connectivity index (χ2n) is 8.92. The first-order valence-corrected chi connectivity index (χ1v) is 12.4. The van der Waals surface area contributed by atoms with Crippen LogP contribution in [0.4, 0.5) is 5.82 Å². The van der Waals surface area contributed by atoms with Crippen molar-refractivity contribution in [2.45, 2.75) is 38.8 Å². The lowest BCUT2D eigenvalue weighted by Gasteiger charge is -2.36. The average Bonchev–Trinajstić information content (AvgIpc) is 3.35. The molecule has 2 aromatic rings. The molecule has 2 N–H and O–H groups in total. The van der Waals surface area contributed by atoms with Crippen molar-refractivity contribution in [2.24, 2.45) is 5.92 Å². The molecule has 10 heteroatoms. The number of rotatable bonds is 6. The summed E-state index contributed by atoms with van der Waals surface area (Å²) in [5.74, 6) is 0.748. The summed E-state index contributed by atoms with van der Waals surface area (Å²) in [6.07, 6.45) is 4.13. The third kappa shape index (κ3) is 5.45. The van der Waals surface area contributed by atoms with Crippen molar-refractivity contribution in [1.82, 2.24) is 25.1 Å². The maximum Gasteiger partial charge on any atom is 0.272 e. The van der Waals surface area contributed by atoms with E-state index in [0.29, 0.717) is 47.2 Å². The van der Waals surface area contributed by atoms with Gasteiger partial charge in [0, 0.05) is 44.8 Å². The van der Waals surface area contributed by atoms with Gasteiger partial charge in [-0.15, -0.1) is 0 Å². The van der Waals surface area contributed by atoms with Gasteiger partial charge in [0.25, 0.3) is 5.91 Å². The topological polar surface area (TPSA) is 90.5 Å². The number of nitrogens with one attached hydrogen (secondary N) is 2. The molecule has 2 fully saturated rings. The normalized spacial score (nSPS) is 19.3. The van der Waals surface area contributed by atoms with E-state index in [-0.39, 0.29) is 17.7 Å².